The van der Waals surface area contributed by atoms with E-state index < -0.39 is 0 Å². The van der Waals surface area contributed by atoms with Crippen LogP contribution in [0.4, 0.5) is 0 Å². The molecule has 0 aliphatic heterocycles. The minimum absolute atomic E-state index is 0.615. The van der Waals surface area contributed by atoms with Crippen molar-refractivity contribution in [2.45, 2.75) is 58.0 Å². The largest absolute Gasteiger partial charge is 0.378 e. The third kappa shape index (κ3) is 2.07. The summed E-state index contributed by atoms with van der Waals surface area (Å²) < 4.78 is 5.85. The van der Waals surface area contributed by atoms with E-state index in [0.717, 1.165) is 18.4 Å². The van der Waals surface area contributed by atoms with Gasteiger partial charge in [-0.2, -0.15) is 0 Å². The summed E-state index contributed by atoms with van der Waals surface area (Å²) in [7, 11) is 0. The first-order chi connectivity index (χ1) is 6.42. The number of fused-ring (bicyclic) bond motifs is 1. The quantitative estimate of drug-likeness (QED) is 0.636. The topological polar surface area (TPSA) is 9.23 Å². The van der Waals surface area contributed by atoms with Gasteiger partial charge in [-0.3, -0.25) is 0 Å². The van der Waals surface area contributed by atoms with E-state index in [2.05, 4.69) is 6.92 Å². The van der Waals surface area contributed by atoms with Gasteiger partial charge in [0, 0.05) is 6.61 Å². The van der Waals surface area contributed by atoms with Gasteiger partial charge in [-0.25, -0.2) is 0 Å². The maximum Gasteiger partial charge on any atom is 0.0605 e. The molecule has 0 spiro atoms. The van der Waals surface area contributed by atoms with Crippen molar-refractivity contribution in [3.8, 4) is 0 Å². The molecule has 3 atom stereocenters. The van der Waals surface area contributed by atoms with Crippen molar-refractivity contribution in [3.05, 3.63) is 0 Å². The van der Waals surface area contributed by atoms with Gasteiger partial charge in [0.05, 0.1) is 6.10 Å². The van der Waals surface area contributed by atoms with Crippen LogP contribution < -0.4 is 0 Å². The van der Waals surface area contributed by atoms with Crippen LogP contribution in [0.1, 0.15) is 51.9 Å². The average Bonchev–Trinajstić information content (AvgIpc) is 2.19. The molecule has 2 rings (SSSR count). The maximum absolute atomic E-state index is 5.85. The molecule has 76 valence electrons. The van der Waals surface area contributed by atoms with Gasteiger partial charge in [-0.15, -0.1) is 0 Å². The van der Waals surface area contributed by atoms with Gasteiger partial charge in [-0.05, 0) is 38.0 Å². The Bertz CT molecular complexity index is 151. The summed E-state index contributed by atoms with van der Waals surface area (Å²) in [4.78, 5) is 0. The zero-order chi connectivity index (χ0) is 9.10. The number of hydrogen-bond donors (Lipinski definition) is 0. The lowest BCUT2D eigenvalue weighted by molar-refractivity contribution is -0.0417. The molecule has 2 aliphatic rings. The molecule has 0 bridgehead atoms. The second-order valence-corrected chi connectivity index (χ2v) is 4.63. The second-order valence-electron chi connectivity index (χ2n) is 4.63. The summed E-state index contributed by atoms with van der Waals surface area (Å²) in [5.41, 5.74) is 0. The van der Waals surface area contributed by atoms with Gasteiger partial charge >= 0.3 is 0 Å². The van der Waals surface area contributed by atoms with Crippen molar-refractivity contribution in [2.75, 3.05) is 6.61 Å². The molecule has 13 heavy (non-hydrogen) atoms. The molecule has 2 fully saturated rings. The fraction of sp³-hybridized carbons (Fsp3) is 1.00. The molecule has 0 heterocycles. The fourth-order valence-corrected chi connectivity index (χ4v) is 3.30. The van der Waals surface area contributed by atoms with Crippen molar-refractivity contribution in [3.63, 3.8) is 0 Å². The van der Waals surface area contributed by atoms with E-state index in [1.807, 2.05) is 0 Å². The fourth-order valence-electron chi connectivity index (χ4n) is 3.30. The lowest BCUT2D eigenvalue weighted by Crippen LogP contribution is -2.36. The summed E-state index contributed by atoms with van der Waals surface area (Å²) in [5, 5.41) is 0. The molecule has 1 heteroatoms. The van der Waals surface area contributed by atoms with Crippen molar-refractivity contribution in [1.29, 1.82) is 0 Å². The number of hydrogen-bond acceptors (Lipinski definition) is 1. The number of ether oxygens (including phenoxy) is 1. The molecule has 0 aromatic carbocycles. The Kier molecular flexibility index (Phi) is 3.26. The lowest BCUT2D eigenvalue weighted by atomic mass is 9.69. The third-order valence-electron chi connectivity index (χ3n) is 3.89. The molecule has 1 nitrogen and oxygen atoms in total. The van der Waals surface area contributed by atoms with Gasteiger partial charge in [-0.1, -0.05) is 25.7 Å². The zero-order valence-corrected chi connectivity index (χ0v) is 8.80. The van der Waals surface area contributed by atoms with Crippen LogP contribution >= 0.6 is 0 Å². The molecule has 0 radical (unpaired) electrons. The Morgan fingerprint density at radius 2 is 1.77 bits per heavy atom. The van der Waals surface area contributed by atoms with Crippen molar-refractivity contribution in [2.24, 2.45) is 11.8 Å². The normalized spacial score (nSPS) is 39.9. The Morgan fingerprint density at radius 1 is 1.00 bits per heavy atom. The molecule has 0 amide bonds. The predicted octanol–water partition coefficient (Wildman–Crippen LogP) is 3.38. The highest BCUT2D eigenvalue weighted by molar-refractivity contribution is 4.85. The average molecular weight is 182 g/mol. The predicted molar refractivity (Wildman–Crippen MR) is 54.7 cm³/mol. The van der Waals surface area contributed by atoms with E-state index >= 15 is 0 Å². The minimum atomic E-state index is 0.615. The summed E-state index contributed by atoms with van der Waals surface area (Å²) in [6.07, 6.45) is 10.7. The Hall–Kier alpha value is -0.0400. The van der Waals surface area contributed by atoms with Crippen molar-refractivity contribution in [1.82, 2.24) is 0 Å². The van der Waals surface area contributed by atoms with E-state index in [-0.39, 0.29) is 0 Å². The molecule has 0 aromatic heterocycles. The van der Waals surface area contributed by atoms with E-state index in [1.165, 1.54) is 44.9 Å². The molecule has 2 aliphatic carbocycles. The highest BCUT2D eigenvalue weighted by Crippen LogP contribution is 2.41. The standard InChI is InChI=1S/C12H22O/c1-2-13-12-9-5-7-10-6-3-4-8-11(10)12/h10-12H,2-9H2,1H3/t10-,11+,12?/m1/s1. The zero-order valence-electron chi connectivity index (χ0n) is 8.80. The third-order valence-corrected chi connectivity index (χ3v) is 3.89. The monoisotopic (exact) mass is 182 g/mol. The second kappa shape index (κ2) is 4.45. The van der Waals surface area contributed by atoms with Crippen LogP contribution in [0.25, 0.3) is 0 Å². The van der Waals surface area contributed by atoms with Gasteiger partial charge in [0.1, 0.15) is 0 Å². The lowest BCUT2D eigenvalue weighted by Gasteiger charge is -2.41. The molecule has 0 aromatic rings. The Labute approximate surface area is 81.9 Å². The smallest absolute Gasteiger partial charge is 0.0605 e. The van der Waals surface area contributed by atoms with Gasteiger partial charge < -0.3 is 4.74 Å². The SMILES string of the molecule is CCOC1CCC[C@H]2CCCC[C@H]12. The maximum atomic E-state index is 5.85. The van der Waals surface area contributed by atoms with Crippen LogP contribution in [0.3, 0.4) is 0 Å². The minimum Gasteiger partial charge on any atom is -0.378 e. The van der Waals surface area contributed by atoms with E-state index in [0.29, 0.717) is 6.10 Å². The van der Waals surface area contributed by atoms with E-state index in [1.54, 1.807) is 0 Å². The summed E-state index contributed by atoms with van der Waals surface area (Å²) >= 11 is 0. The molecule has 2 saturated carbocycles. The Balaban J connectivity index is 1.94. The summed E-state index contributed by atoms with van der Waals surface area (Å²) in [6, 6.07) is 0. The Morgan fingerprint density at radius 3 is 2.62 bits per heavy atom. The van der Waals surface area contributed by atoms with Crippen molar-refractivity contribution >= 4 is 0 Å². The highest BCUT2D eigenvalue weighted by atomic mass is 16.5. The van der Waals surface area contributed by atoms with Crippen LogP contribution in [0.5, 0.6) is 0 Å². The number of rotatable bonds is 2. The first kappa shape index (κ1) is 9.51. The van der Waals surface area contributed by atoms with Gasteiger partial charge in [0.25, 0.3) is 0 Å². The first-order valence-electron chi connectivity index (χ1n) is 6.03. The van der Waals surface area contributed by atoms with E-state index in [4.69, 9.17) is 4.74 Å². The van der Waals surface area contributed by atoms with Gasteiger partial charge in [0.15, 0.2) is 0 Å². The highest BCUT2D eigenvalue weighted by Gasteiger charge is 2.34. The summed E-state index contributed by atoms with van der Waals surface area (Å²) in [5.74, 6) is 1.93. The summed E-state index contributed by atoms with van der Waals surface area (Å²) in [6.45, 7) is 3.04. The van der Waals surface area contributed by atoms with Crippen LogP contribution in [0.2, 0.25) is 0 Å². The van der Waals surface area contributed by atoms with E-state index in [9.17, 15) is 0 Å². The molecular formula is C12H22O. The molecule has 1 unspecified atom stereocenters. The van der Waals surface area contributed by atoms with Crippen molar-refractivity contribution < 1.29 is 4.74 Å². The first-order valence-corrected chi connectivity index (χ1v) is 6.03. The molecular weight excluding hydrogens is 160 g/mol. The van der Waals surface area contributed by atoms with Crippen LogP contribution in [-0.2, 0) is 4.74 Å². The van der Waals surface area contributed by atoms with Crippen LogP contribution in [-0.4, -0.2) is 12.7 Å². The van der Waals surface area contributed by atoms with Crippen LogP contribution in [0.15, 0.2) is 0 Å². The van der Waals surface area contributed by atoms with Crippen LogP contribution in [0, 0.1) is 11.8 Å². The van der Waals surface area contributed by atoms with Gasteiger partial charge in [0.2, 0.25) is 0 Å². The molecule has 0 saturated heterocycles. The molecule has 0 N–H and O–H groups in total.